The van der Waals surface area contributed by atoms with E-state index in [1.54, 1.807) is 6.26 Å². The highest BCUT2D eigenvalue weighted by Crippen LogP contribution is 2.29. The summed E-state index contributed by atoms with van der Waals surface area (Å²) >= 11 is 0. The third-order valence-electron chi connectivity index (χ3n) is 4.50. The fourth-order valence-corrected chi connectivity index (χ4v) is 3.34. The number of rotatable bonds is 4. The van der Waals surface area contributed by atoms with Crippen LogP contribution in [0.3, 0.4) is 0 Å². The van der Waals surface area contributed by atoms with E-state index < -0.39 is 0 Å². The van der Waals surface area contributed by atoms with E-state index in [-0.39, 0.29) is 0 Å². The molecule has 0 bridgehead atoms. The number of fused-ring (bicyclic) bond motifs is 1. The van der Waals surface area contributed by atoms with Gasteiger partial charge in [-0.1, -0.05) is 12.1 Å². The van der Waals surface area contributed by atoms with E-state index in [4.69, 9.17) is 4.42 Å². The topological polar surface area (TPSA) is 21.3 Å². The smallest absolute Gasteiger partial charge is 0.0981 e. The van der Waals surface area contributed by atoms with Crippen molar-refractivity contribution in [3.05, 3.63) is 49.1 Å². The van der Waals surface area contributed by atoms with E-state index in [1.807, 2.05) is 12.3 Å². The van der Waals surface area contributed by atoms with Crippen LogP contribution in [-0.4, -0.2) is 29.1 Å². The lowest BCUT2D eigenvalue weighted by Gasteiger charge is -2.15. The van der Waals surface area contributed by atoms with Crippen molar-refractivity contribution in [2.75, 3.05) is 19.6 Å². The molecule has 2 aromatic heterocycles. The van der Waals surface area contributed by atoms with Crippen LogP contribution in [0.1, 0.15) is 12.8 Å². The first kappa shape index (κ1) is 12.7. The number of hydrogen-bond acceptors (Lipinski definition) is 2. The Morgan fingerprint density at radius 2 is 1.90 bits per heavy atom. The van der Waals surface area contributed by atoms with Gasteiger partial charge in [0.05, 0.1) is 12.5 Å². The summed E-state index contributed by atoms with van der Waals surface area (Å²) in [6.07, 6.45) is 8.48. The summed E-state index contributed by atoms with van der Waals surface area (Å²) in [6.45, 7) is 4.75. The minimum Gasteiger partial charge on any atom is -0.472 e. The van der Waals surface area contributed by atoms with Crippen LogP contribution < -0.4 is 0 Å². The molecule has 1 aliphatic rings. The molecular formula is C18H20N2O. The van der Waals surface area contributed by atoms with Crippen LogP contribution in [0.5, 0.6) is 0 Å². The van der Waals surface area contributed by atoms with Crippen LogP contribution >= 0.6 is 0 Å². The lowest BCUT2D eigenvalue weighted by atomic mass is 10.1. The van der Waals surface area contributed by atoms with Gasteiger partial charge in [0.25, 0.3) is 0 Å². The quantitative estimate of drug-likeness (QED) is 0.720. The first-order valence-electron chi connectivity index (χ1n) is 7.74. The molecule has 0 N–H and O–H groups in total. The first-order chi connectivity index (χ1) is 10.4. The van der Waals surface area contributed by atoms with Crippen molar-refractivity contribution in [3.63, 3.8) is 0 Å². The maximum atomic E-state index is 5.23. The fourth-order valence-electron chi connectivity index (χ4n) is 3.34. The highest BCUT2D eigenvalue weighted by atomic mass is 16.3. The molecule has 21 heavy (non-hydrogen) atoms. The van der Waals surface area contributed by atoms with Gasteiger partial charge in [0, 0.05) is 35.8 Å². The molecule has 1 saturated heterocycles. The second kappa shape index (κ2) is 5.41. The molecule has 3 heterocycles. The fraction of sp³-hybridized carbons (Fsp3) is 0.333. The second-order valence-corrected chi connectivity index (χ2v) is 5.81. The Morgan fingerprint density at radius 1 is 1.00 bits per heavy atom. The molecule has 0 aliphatic carbocycles. The summed E-state index contributed by atoms with van der Waals surface area (Å²) in [5, 5.41) is 1.31. The van der Waals surface area contributed by atoms with Gasteiger partial charge in [0.15, 0.2) is 0 Å². The van der Waals surface area contributed by atoms with Crippen LogP contribution in [0, 0.1) is 0 Å². The molecule has 3 heteroatoms. The number of hydrogen-bond donors (Lipinski definition) is 0. The summed E-state index contributed by atoms with van der Waals surface area (Å²) in [5.74, 6) is 0. The maximum absolute atomic E-state index is 5.23. The predicted molar refractivity (Wildman–Crippen MR) is 85.3 cm³/mol. The number of benzene rings is 1. The summed E-state index contributed by atoms with van der Waals surface area (Å²) in [6, 6.07) is 10.8. The summed E-state index contributed by atoms with van der Waals surface area (Å²) < 4.78 is 7.60. The van der Waals surface area contributed by atoms with Gasteiger partial charge in [-0.05, 0) is 49.7 Å². The van der Waals surface area contributed by atoms with Crippen LogP contribution in [0.4, 0.5) is 0 Å². The molecule has 3 nitrogen and oxygen atoms in total. The molecule has 0 unspecified atom stereocenters. The van der Waals surface area contributed by atoms with E-state index >= 15 is 0 Å². The highest BCUT2D eigenvalue weighted by Gasteiger charge is 2.12. The Kier molecular flexibility index (Phi) is 3.28. The van der Waals surface area contributed by atoms with Gasteiger partial charge in [-0.25, -0.2) is 0 Å². The Morgan fingerprint density at radius 3 is 2.71 bits per heavy atom. The van der Waals surface area contributed by atoms with Crippen molar-refractivity contribution in [2.24, 2.45) is 0 Å². The van der Waals surface area contributed by atoms with E-state index in [0.29, 0.717) is 0 Å². The van der Waals surface area contributed by atoms with E-state index in [1.165, 1.54) is 42.4 Å². The van der Waals surface area contributed by atoms with Gasteiger partial charge in [-0.3, -0.25) is 0 Å². The van der Waals surface area contributed by atoms with Gasteiger partial charge in [0.1, 0.15) is 0 Å². The molecule has 4 rings (SSSR count). The molecule has 0 amide bonds. The third-order valence-corrected chi connectivity index (χ3v) is 4.50. The Balaban J connectivity index is 1.64. The molecule has 108 valence electrons. The average molecular weight is 280 g/mol. The molecule has 0 saturated carbocycles. The first-order valence-corrected chi connectivity index (χ1v) is 7.74. The second-order valence-electron chi connectivity index (χ2n) is 5.81. The molecule has 0 radical (unpaired) electrons. The van der Waals surface area contributed by atoms with Gasteiger partial charge in [-0.2, -0.15) is 0 Å². The van der Waals surface area contributed by atoms with Gasteiger partial charge in [0.2, 0.25) is 0 Å². The molecule has 0 atom stereocenters. The Hall–Kier alpha value is -2.00. The lowest BCUT2D eigenvalue weighted by Crippen LogP contribution is -2.23. The zero-order valence-corrected chi connectivity index (χ0v) is 12.2. The Bertz CT molecular complexity index is 721. The number of furan rings is 1. The Labute approximate surface area is 124 Å². The summed E-state index contributed by atoms with van der Waals surface area (Å²) in [7, 11) is 0. The monoisotopic (exact) mass is 280 g/mol. The van der Waals surface area contributed by atoms with Crippen molar-refractivity contribution in [1.82, 2.24) is 9.47 Å². The third kappa shape index (κ3) is 2.38. The van der Waals surface area contributed by atoms with Crippen LogP contribution in [0.15, 0.2) is 53.5 Å². The van der Waals surface area contributed by atoms with Crippen LogP contribution in [0.25, 0.3) is 22.0 Å². The minimum atomic E-state index is 1.07. The molecule has 1 aliphatic heterocycles. The minimum absolute atomic E-state index is 1.07. The maximum Gasteiger partial charge on any atom is 0.0981 e. The molecule has 1 aromatic carbocycles. The molecule has 3 aromatic rings. The molecule has 0 spiro atoms. The van der Waals surface area contributed by atoms with Gasteiger partial charge < -0.3 is 13.9 Å². The van der Waals surface area contributed by atoms with Crippen molar-refractivity contribution in [2.45, 2.75) is 19.4 Å². The van der Waals surface area contributed by atoms with Crippen LogP contribution in [-0.2, 0) is 6.54 Å². The lowest BCUT2D eigenvalue weighted by molar-refractivity contribution is 0.324. The zero-order valence-electron chi connectivity index (χ0n) is 12.2. The standard InChI is InChI=1S/C18H20N2O/c1-2-9-19(8-1)11-12-20-10-6-17-16(4-3-5-18(17)20)15-7-13-21-14-15/h3-7,10,13-14H,1-2,8-9,11-12H2. The van der Waals surface area contributed by atoms with Gasteiger partial charge >= 0.3 is 0 Å². The number of likely N-dealkylation sites (tertiary alicyclic amines) is 1. The molecule has 1 fully saturated rings. The van der Waals surface area contributed by atoms with Crippen molar-refractivity contribution in [1.29, 1.82) is 0 Å². The van der Waals surface area contributed by atoms with E-state index in [9.17, 15) is 0 Å². The van der Waals surface area contributed by atoms with Crippen molar-refractivity contribution < 1.29 is 4.42 Å². The van der Waals surface area contributed by atoms with E-state index in [2.05, 4.69) is 39.9 Å². The summed E-state index contributed by atoms with van der Waals surface area (Å²) in [4.78, 5) is 2.56. The largest absolute Gasteiger partial charge is 0.472 e. The average Bonchev–Trinajstić information content (AvgIpc) is 3.25. The summed E-state index contributed by atoms with van der Waals surface area (Å²) in [5.41, 5.74) is 3.71. The SMILES string of the molecule is c1cc(-c2ccoc2)c2ccn(CCN3CCCC3)c2c1. The predicted octanol–water partition coefficient (Wildman–Crippen LogP) is 4.00. The highest BCUT2D eigenvalue weighted by molar-refractivity contribution is 5.95. The number of aromatic nitrogens is 1. The van der Waals surface area contributed by atoms with Crippen LogP contribution in [0.2, 0.25) is 0 Å². The van der Waals surface area contributed by atoms with Gasteiger partial charge in [-0.15, -0.1) is 0 Å². The van der Waals surface area contributed by atoms with E-state index in [0.717, 1.165) is 18.7 Å². The van der Waals surface area contributed by atoms with Crippen molar-refractivity contribution >= 4 is 10.9 Å². The normalized spacial score (nSPS) is 16.0. The number of nitrogens with zero attached hydrogens (tertiary/aromatic N) is 2. The van der Waals surface area contributed by atoms with Crippen molar-refractivity contribution in [3.8, 4) is 11.1 Å². The zero-order chi connectivity index (χ0) is 14.1. The molecular weight excluding hydrogens is 260 g/mol.